The number of likely N-dealkylation sites (N-methyl/N-ethyl adjacent to an activating group) is 1. The van der Waals surface area contributed by atoms with E-state index in [1.54, 1.807) is 22.9 Å². The molecule has 4 heterocycles. The Morgan fingerprint density at radius 1 is 1.06 bits per heavy atom. The molecule has 0 saturated carbocycles. The predicted molar refractivity (Wildman–Crippen MR) is 122 cm³/mol. The molecule has 1 fully saturated rings. The Bertz CT molecular complexity index is 1280. The summed E-state index contributed by atoms with van der Waals surface area (Å²) in [4.78, 5) is 20.9. The van der Waals surface area contributed by atoms with Crippen LogP contribution in [0.4, 0.5) is 5.82 Å². The molecule has 0 atom stereocenters. The second-order valence-corrected chi connectivity index (χ2v) is 8.03. The van der Waals surface area contributed by atoms with Crippen LogP contribution in [0.25, 0.3) is 22.3 Å². The summed E-state index contributed by atoms with van der Waals surface area (Å²) in [5.74, 6) is 1.71. The second-order valence-electron chi connectivity index (χ2n) is 8.03. The Balaban J connectivity index is 1.56. The maximum Gasteiger partial charge on any atom is 0.241 e. The summed E-state index contributed by atoms with van der Waals surface area (Å²) < 4.78 is 8.99. The number of anilines is 1. The number of hydrogen-bond acceptors (Lipinski definition) is 6. The van der Waals surface area contributed by atoms with Crippen LogP contribution in [0.15, 0.2) is 48.8 Å². The number of ether oxygens (including phenoxy) is 1. The van der Waals surface area contributed by atoms with Crippen LogP contribution in [-0.4, -0.2) is 69.1 Å². The van der Waals surface area contributed by atoms with Gasteiger partial charge < -0.3 is 14.5 Å². The van der Waals surface area contributed by atoms with Gasteiger partial charge in [0.05, 0.1) is 31.9 Å². The summed E-state index contributed by atoms with van der Waals surface area (Å²) in [6, 6.07) is 12.0. The van der Waals surface area contributed by atoms with E-state index in [9.17, 15) is 4.79 Å². The minimum atomic E-state index is 0.0980. The van der Waals surface area contributed by atoms with E-state index in [1.165, 1.54) is 0 Å². The first-order valence-electron chi connectivity index (χ1n) is 10.5. The van der Waals surface area contributed by atoms with E-state index >= 15 is 0 Å². The number of rotatable bonds is 5. The van der Waals surface area contributed by atoms with Crippen LogP contribution < -0.4 is 9.64 Å². The van der Waals surface area contributed by atoms with Crippen LogP contribution >= 0.6 is 0 Å². The number of aryl methyl sites for hydroxylation is 1. The number of nitrogens with zero attached hydrogens (tertiary/aromatic N) is 7. The third-order valence-corrected chi connectivity index (χ3v) is 5.83. The summed E-state index contributed by atoms with van der Waals surface area (Å²) in [5.41, 5.74) is 4.54. The van der Waals surface area contributed by atoms with Gasteiger partial charge in [0.15, 0.2) is 0 Å². The van der Waals surface area contributed by atoms with Crippen LogP contribution in [0, 0.1) is 0 Å². The lowest BCUT2D eigenvalue weighted by Gasteiger charge is -2.32. The van der Waals surface area contributed by atoms with Gasteiger partial charge in [0.2, 0.25) is 5.91 Å². The van der Waals surface area contributed by atoms with Gasteiger partial charge in [-0.15, -0.1) is 0 Å². The zero-order valence-electron chi connectivity index (χ0n) is 18.4. The van der Waals surface area contributed by atoms with E-state index in [1.807, 2.05) is 66.3 Å². The third-order valence-electron chi connectivity index (χ3n) is 5.83. The fourth-order valence-corrected chi connectivity index (χ4v) is 3.94. The molecule has 0 N–H and O–H groups in total. The normalized spacial score (nSPS) is 14.4. The van der Waals surface area contributed by atoms with E-state index in [2.05, 4.69) is 5.10 Å². The van der Waals surface area contributed by atoms with Crippen molar-refractivity contribution < 1.29 is 9.53 Å². The van der Waals surface area contributed by atoms with Crippen molar-refractivity contribution in [3.05, 3.63) is 54.4 Å². The lowest BCUT2D eigenvalue weighted by Crippen LogP contribution is -2.48. The van der Waals surface area contributed by atoms with Gasteiger partial charge in [-0.05, 0) is 29.8 Å². The molecule has 5 rings (SSSR count). The van der Waals surface area contributed by atoms with Crippen molar-refractivity contribution in [2.75, 3.05) is 38.7 Å². The monoisotopic (exact) mass is 431 g/mol. The third kappa shape index (κ3) is 3.66. The maximum atomic E-state index is 12.2. The second kappa shape index (κ2) is 7.99. The molecule has 0 unspecified atom stereocenters. The molecule has 164 valence electrons. The van der Waals surface area contributed by atoms with E-state index in [0.29, 0.717) is 19.6 Å². The standard InChI is InChI=1S/C23H25N7O2/c1-27-10-11-29(15-21(27)31)20-9-8-19-23(25-20)22(17-12-24-28(2)14-17)26-30(19)13-16-4-6-18(32-3)7-5-16/h4-9,12,14H,10-11,13,15H2,1-3H3. The highest BCUT2D eigenvalue weighted by Gasteiger charge is 2.23. The van der Waals surface area contributed by atoms with E-state index in [4.69, 9.17) is 14.8 Å². The lowest BCUT2D eigenvalue weighted by atomic mass is 10.2. The Kier molecular flexibility index (Phi) is 5.01. The predicted octanol–water partition coefficient (Wildman–Crippen LogP) is 2.17. The molecule has 0 bridgehead atoms. The fraction of sp³-hybridized carbons (Fsp3) is 0.304. The molecule has 1 aromatic carbocycles. The van der Waals surface area contributed by atoms with Crippen molar-refractivity contribution in [1.82, 2.24) is 29.4 Å². The number of piperazine rings is 1. The van der Waals surface area contributed by atoms with Crippen molar-refractivity contribution in [2.24, 2.45) is 7.05 Å². The van der Waals surface area contributed by atoms with Crippen molar-refractivity contribution in [3.63, 3.8) is 0 Å². The number of carbonyl (C=O) groups is 1. The highest BCUT2D eigenvalue weighted by Crippen LogP contribution is 2.29. The molecule has 1 aliphatic rings. The van der Waals surface area contributed by atoms with E-state index in [0.717, 1.165) is 46.0 Å². The molecule has 1 amide bonds. The number of amides is 1. The number of fused-ring (bicyclic) bond motifs is 1. The first kappa shape index (κ1) is 20.0. The Morgan fingerprint density at radius 3 is 2.56 bits per heavy atom. The summed E-state index contributed by atoms with van der Waals surface area (Å²) >= 11 is 0. The minimum Gasteiger partial charge on any atom is -0.497 e. The highest BCUT2D eigenvalue weighted by atomic mass is 16.5. The molecule has 1 aliphatic heterocycles. The summed E-state index contributed by atoms with van der Waals surface area (Å²) in [6.45, 7) is 2.37. The van der Waals surface area contributed by atoms with Crippen LogP contribution in [0.3, 0.4) is 0 Å². The lowest BCUT2D eigenvalue weighted by molar-refractivity contribution is -0.129. The SMILES string of the molecule is COc1ccc(Cn2nc(-c3cnn(C)c3)c3nc(N4CCN(C)C(=O)C4)ccc32)cc1. The first-order chi connectivity index (χ1) is 15.5. The molecule has 9 heteroatoms. The van der Waals surface area contributed by atoms with Crippen molar-refractivity contribution in [2.45, 2.75) is 6.54 Å². The number of pyridine rings is 1. The number of carbonyl (C=O) groups excluding carboxylic acids is 1. The molecular formula is C23H25N7O2. The van der Waals surface area contributed by atoms with Gasteiger partial charge in [0.1, 0.15) is 22.8 Å². The average Bonchev–Trinajstić information content (AvgIpc) is 3.39. The van der Waals surface area contributed by atoms with Gasteiger partial charge in [-0.1, -0.05) is 12.1 Å². The largest absolute Gasteiger partial charge is 0.497 e. The van der Waals surface area contributed by atoms with Gasteiger partial charge in [0, 0.05) is 38.9 Å². The molecule has 0 radical (unpaired) electrons. The maximum absolute atomic E-state index is 12.2. The number of methoxy groups -OCH3 is 1. The first-order valence-corrected chi connectivity index (χ1v) is 10.5. The van der Waals surface area contributed by atoms with Crippen molar-refractivity contribution >= 4 is 22.8 Å². The van der Waals surface area contributed by atoms with Gasteiger partial charge in [-0.3, -0.25) is 14.2 Å². The molecule has 0 spiro atoms. The van der Waals surface area contributed by atoms with Crippen molar-refractivity contribution in [3.8, 4) is 17.0 Å². The fourth-order valence-electron chi connectivity index (χ4n) is 3.94. The van der Waals surface area contributed by atoms with Gasteiger partial charge >= 0.3 is 0 Å². The molecule has 1 saturated heterocycles. The topological polar surface area (TPSA) is 81.3 Å². The van der Waals surface area contributed by atoms with Gasteiger partial charge in [0.25, 0.3) is 0 Å². The van der Waals surface area contributed by atoms with Crippen LogP contribution in [0.2, 0.25) is 0 Å². The van der Waals surface area contributed by atoms with Gasteiger partial charge in [-0.25, -0.2) is 4.98 Å². The Labute approximate surface area is 185 Å². The van der Waals surface area contributed by atoms with E-state index < -0.39 is 0 Å². The average molecular weight is 432 g/mol. The minimum absolute atomic E-state index is 0.0980. The molecular weight excluding hydrogens is 406 g/mol. The Morgan fingerprint density at radius 2 is 1.88 bits per heavy atom. The zero-order valence-corrected chi connectivity index (χ0v) is 18.4. The number of aromatic nitrogens is 5. The summed E-state index contributed by atoms with van der Waals surface area (Å²) in [6.07, 6.45) is 3.74. The molecule has 0 aliphatic carbocycles. The molecule has 3 aromatic heterocycles. The molecule has 32 heavy (non-hydrogen) atoms. The van der Waals surface area contributed by atoms with Crippen LogP contribution in [-0.2, 0) is 18.4 Å². The smallest absolute Gasteiger partial charge is 0.241 e. The highest BCUT2D eigenvalue weighted by molar-refractivity contribution is 5.91. The number of benzene rings is 1. The van der Waals surface area contributed by atoms with Gasteiger partial charge in [-0.2, -0.15) is 10.2 Å². The zero-order chi connectivity index (χ0) is 22.2. The van der Waals surface area contributed by atoms with Crippen LogP contribution in [0.5, 0.6) is 5.75 Å². The quantitative estimate of drug-likeness (QED) is 0.482. The van der Waals surface area contributed by atoms with E-state index in [-0.39, 0.29) is 5.91 Å². The Hall–Kier alpha value is -3.88. The molecule has 4 aromatic rings. The summed E-state index contributed by atoms with van der Waals surface area (Å²) in [5, 5.41) is 9.21. The van der Waals surface area contributed by atoms with Crippen molar-refractivity contribution in [1.29, 1.82) is 0 Å². The number of hydrogen-bond donors (Lipinski definition) is 0. The van der Waals surface area contributed by atoms with Crippen LogP contribution in [0.1, 0.15) is 5.56 Å². The summed E-state index contributed by atoms with van der Waals surface area (Å²) in [7, 11) is 5.38. The molecule has 9 nitrogen and oxygen atoms in total.